The number of aromatic nitrogens is 1. The number of nitrogens with one attached hydrogen (secondary N) is 1. The Bertz CT molecular complexity index is 977. The van der Waals surface area contributed by atoms with E-state index in [1.54, 1.807) is 7.11 Å². The van der Waals surface area contributed by atoms with Crippen molar-refractivity contribution in [1.82, 2.24) is 0 Å². The van der Waals surface area contributed by atoms with Gasteiger partial charge in [0, 0.05) is 24.7 Å². The van der Waals surface area contributed by atoms with Gasteiger partial charge in [0.1, 0.15) is 11.3 Å². The fraction of sp³-hybridized carbons (Fsp3) is 0.273. The van der Waals surface area contributed by atoms with Gasteiger partial charge in [-0.15, -0.1) is 0 Å². The molecule has 0 radical (unpaired) electrons. The molecule has 1 fully saturated rings. The van der Waals surface area contributed by atoms with Crippen LogP contribution in [-0.4, -0.2) is 39.2 Å². The second-order valence-electron chi connectivity index (χ2n) is 6.76. The molecule has 0 bridgehead atoms. The molecule has 1 N–H and O–H groups in total. The third kappa shape index (κ3) is 3.38. The number of nitrogens with zero attached hydrogens (tertiary/aromatic N) is 1. The summed E-state index contributed by atoms with van der Waals surface area (Å²) in [6.07, 6.45) is 1.82. The summed E-state index contributed by atoms with van der Waals surface area (Å²) in [6, 6.07) is 13.6. The highest BCUT2D eigenvalue weighted by atomic mass is 16.5. The van der Waals surface area contributed by atoms with Gasteiger partial charge in [0.2, 0.25) is 11.3 Å². The molecule has 0 aliphatic carbocycles. The van der Waals surface area contributed by atoms with Crippen molar-refractivity contribution in [2.45, 2.75) is 6.92 Å². The second kappa shape index (κ2) is 7.37. The molecular weight excluding hydrogens is 340 g/mol. The van der Waals surface area contributed by atoms with Gasteiger partial charge in [-0.2, -0.15) is 0 Å². The third-order valence-electron chi connectivity index (χ3n) is 4.99. The molecular formula is C22H23N2O3+. The van der Waals surface area contributed by atoms with Gasteiger partial charge in [0.05, 0.1) is 31.4 Å². The van der Waals surface area contributed by atoms with Crippen LogP contribution in [0.5, 0.6) is 5.75 Å². The first-order valence-electron chi connectivity index (χ1n) is 9.14. The number of aryl methyl sites for hydroxylation is 1. The molecule has 3 aromatic rings. The Morgan fingerprint density at radius 3 is 2.56 bits per heavy atom. The summed E-state index contributed by atoms with van der Waals surface area (Å²) in [5.41, 5.74) is 4.40. The molecule has 5 heteroatoms. The van der Waals surface area contributed by atoms with Crippen molar-refractivity contribution in [3.63, 3.8) is 0 Å². The number of hydrogen-bond donors (Lipinski definition) is 0. The molecule has 27 heavy (non-hydrogen) atoms. The van der Waals surface area contributed by atoms with Crippen molar-refractivity contribution in [2.24, 2.45) is 0 Å². The molecule has 1 saturated heterocycles. The first-order chi connectivity index (χ1) is 13.2. The summed E-state index contributed by atoms with van der Waals surface area (Å²) in [5.74, 6) is 0.780. The van der Waals surface area contributed by atoms with Crippen molar-refractivity contribution >= 4 is 22.4 Å². The first kappa shape index (κ1) is 17.5. The number of rotatable bonds is 4. The molecule has 0 unspecified atom stereocenters. The van der Waals surface area contributed by atoms with Crippen molar-refractivity contribution in [1.29, 1.82) is 0 Å². The smallest absolute Gasteiger partial charge is 0.213 e. The molecule has 1 aliphatic rings. The largest absolute Gasteiger partial charge is 0.497 e. The van der Waals surface area contributed by atoms with E-state index in [-0.39, 0.29) is 5.78 Å². The number of benzene rings is 2. The molecule has 0 atom stereocenters. The van der Waals surface area contributed by atoms with E-state index in [1.165, 1.54) is 0 Å². The Hall–Kier alpha value is -2.92. The van der Waals surface area contributed by atoms with Crippen LogP contribution in [0.1, 0.15) is 21.5 Å². The lowest BCUT2D eigenvalue weighted by Gasteiger charge is -2.30. The minimum Gasteiger partial charge on any atom is -0.497 e. The minimum atomic E-state index is 0.0115. The summed E-state index contributed by atoms with van der Waals surface area (Å²) in [5, 5.41) is 0.981. The molecule has 2 heterocycles. The number of ether oxygens (including phenoxy) is 2. The number of H-pyrrole nitrogens is 1. The number of carbonyl (C=O) groups is 1. The zero-order valence-electron chi connectivity index (χ0n) is 15.6. The number of carbonyl (C=O) groups excluding carboxylic acids is 1. The Labute approximate surface area is 158 Å². The Balaban J connectivity index is 1.90. The Kier molecular flexibility index (Phi) is 4.77. The zero-order chi connectivity index (χ0) is 18.8. The maximum atomic E-state index is 13.3. The number of anilines is 1. The van der Waals surface area contributed by atoms with Gasteiger partial charge in [-0.25, -0.2) is 4.98 Å². The van der Waals surface area contributed by atoms with E-state index in [1.807, 2.05) is 55.6 Å². The molecule has 138 valence electrons. The van der Waals surface area contributed by atoms with Gasteiger partial charge >= 0.3 is 0 Å². The number of pyridine rings is 1. The number of aromatic amines is 1. The fourth-order valence-electron chi connectivity index (χ4n) is 3.50. The number of ketones is 1. The van der Waals surface area contributed by atoms with Crippen LogP contribution < -0.4 is 14.6 Å². The molecule has 0 amide bonds. The van der Waals surface area contributed by atoms with Gasteiger partial charge < -0.3 is 14.4 Å². The molecule has 1 aliphatic heterocycles. The SMILES string of the molecule is COc1ccc2[nH+]cc(C(=O)c3ccc(C)cc3)c(N3CCOCC3)c2c1. The van der Waals surface area contributed by atoms with Crippen LogP contribution in [0.2, 0.25) is 0 Å². The molecule has 2 aromatic carbocycles. The molecule has 4 rings (SSSR count). The zero-order valence-corrected chi connectivity index (χ0v) is 15.6. The summed E-state index contributed by atoms with van der Waals surface area (Å²) >= 11 is 0. The average Bonchev–Trinajstić information content (AvgIpc) is 2.73. The van der Waals surface area contributed by atoms with E-state index < -0.39 is 0 Å². The lowest BCUT2D eigenvalue weighted by Crippen LogP contribution is -2.37. The van der Waals surface area contributed by atoms with Gasteiger partial charge in [-0.05, 0) is 19.1 Å². The average molecular weight is 363 g/mol. The summed E-state index contributed by atoms with van der Waals surface area (Å²) in [7, 11) is 1.65. The number of hydrogen-bond acceptors (Lipinski definition) is 4. The highest BCUT2D eigenvalue weighted by Gasteiger charge is 2.26. The van der Waals surface area contributed by atoms with Gasteiger partial charge in [-0.1, -0.05) is 29.8 Å². The maximum Gasteiger partial charge on any atom is 0.213 e. The van der Waals surface area contributed by atoms with Gasteiger partial charge in [0.25, 0.3) is 0 Å². The first-order valence-corrected chi connectivity index (χ1v) is 9.14. The van der Waals surface area contributed by atoms with Gasteiger partial charge in [0.15, 0.2) is 6.20 Å². The lowest BCUT2D eigenvalue weighted by atomic mass is 9.99. The molecule has 1 aromatic heterocycles. The van der Waals surface area contributed by atoms with E-state index in [0.29, 0.717) is 24.3 Å². The minimum absolute atomic E-state index is 0.0115. The molecule has 0 saturated carbocycles. The Morgan fingerprint density at radius 1 is 1.11 bits per heavy atom. The predicted octanol–water partition coefficient (Wildman–Crippen LogP) is 3.04. The summed E-state index contributed by atoms with van der Waals surface area (Å²) in [4.78, 5) is 18.8. The van der Waals surface area contributed by atoms with Crippen LogP contribution in [0.25, 0.3) is 10.9 Å². The monoisotopic (exact) mass is 363 g/mol. The third-order valence-corrected chi connectivity index (χ3v) is 4.99. The topological polar surface area (TPSA) is 52.9 Å². The standard InChI is InChI=1S/C22H22N2O3/c1-15-3-5-16(6-4-15)22(25)19-14-23-20-8-7-17(26-2)13-18(20)21(19)24-9-11-27-12-10-24/h3-8,13-14H,9-12H2,1-2H3/p+1. The van der Waals surface area contributed by atoms with E-state index in [4.69, 9.17) is 9.47 Å². The highest BCUT2D eigenvalue weighted by Crippen LogP contribution is 2.32. The molecule has 0 spiro atoms. The van der Waals surface area contributed by atoms with Crippen molar-refractivity contribution in [2.75, 3.05) is 38.3 Å². The quantitative estimate of drug-likeness (QED) is 0.669. The van der Waals surface area contributed by atoms with Crippen LogP contribution in [0.3, 0.4) is 0 Å². The number of morpholine rings is 1. The van der Waals surface area contributed by atoms with Crippen LogP contribution in [0.15, 0.2) is 48.7 Å². The number of fused-ring (bicyclic) bond motifs is 1. The normalized spacial score (nSPS) is 14.4. The molecule has 5 nitrogen and oxygen atoms in total. The van der Waals surface area contributed by atoms with E-state index in [0.717, 1.165) is 41.0 Å². The van der Waals surface area contributed by atoms with Crippen LogP contribution in [-0.2, 0) is 4.74 Å². The fourth-order valence-corrected chi connectivity index (χ4v) is 3.50. The van der Waals surface area contributed by atoms with Crippen molar-refractivity contribution in [3.05, 3.63) is 65.4 Å². The van der Waals surface area contributed by atoms with E-state index >= 15 is 0 Å². The summed E-state index contributed by atoms with van der Waals surface area (Å²) < 4.78 is 10.9. The van der Waals surface area contributed by atoms with Crippen LogP contribution in [0, 0.1) is 6.92 Å². The van der Waals surface area contributed by atoms with E-state index in [9.17, 15) is 4.79 Å². The summed E-state index contributed by atoms with van der Waals surface area (Å²) in [6.45, 7) is 4.84. The lowest BCUT2D eigenvalue weighted by molar-refractivity contribution is -0.344. The highest BCUT2D eigenvalue weighted by molar-refractivity contribution is 6.15. The van der Waals surface area contributed by atoms with Crippen molar-refractivity contribution < 1.29 is 19.3 Å². The number of methoxy groups -OCH3 is 1. The predicted molar refractivity (Wildman–Crippen MR) is 105 cm³/mol. The Morgan fingerprint density at radius 2 is 1.85 bits per heavy atom. The van der Waals surface area contributed by atoms with E-state index in [2.05, 4.69) is 9.88 Å². The van der Waals surface area contributed by atoms with Crippen molar-refractivity contribution in [3.8, 4) is 5.75 Å². The second-order valence-corrected chi connectivity index (χ2v) is 6.76. The van der Waals surface area contributed by atoms with Crippen LogP contribution in [0.4, 0.5) is 5.69 Å². The van der Waals surface area contributed by atoms with Gasteiger partial charge in [-0.3, -0.25) is 4.79 Å². The maximum absolute atomic E-state index is 13.3. The van der Waals surface area contributed by atoms with Crippen LogP contribution >= 0.6 is 0 Å².